The molecule has 2 fully saturated rings. The maximum absolute atomic E-state index is 12.8. The molecule has 1 saturated heterocycles. The SMILES string of the molecule is CN(CCc1ccncc1)C(=O)C1CC1C(=O)N1CCN(c2ncccn2)CC1. The topological polar surface area (TPSA) is 82.5 Å². The Morgan fingerprint density at radius 3 is 2.41 bits per heavy atom. The third kappa shape index (κ3) is 4.52. The van der Waals surface area contributed by atoms with Crippen LogP contribution in [0.4, 0.5) is 5.95 Å². The second-order valence-corrected chi connectivity index (χ2v) is 7.68. The van der Waals surface area contributed by atoms with Gasteiger partial charge in [-0.2, -0.15) is 0 Å². The summed E-state index contributed by atoms with van der Waals surface area (Å²) < 4.78 is 0. The average molecular weight is 394 g/mol. The molecular formula is C21H26N6O2. The molecule has 0 aromatic carbocycles. The van der Waals surface area contributed by atoms with Gasteiger partial charge in [0.25, 0.3) is 0 Å². The van der Waals surface area contributed by atoms with Crippen molar-refractivity contribution in [3.63, 3.8) is 0 Å². The van der Waals surface area contributed by atoms with Gasteiger partial charge in [-0.3, -0.25) is 14.6 Å². The molecule has 3 heterocycles. The Bertz CT molecular complexity index is 839. The molecule has 29 heavy (non-hydrogen) atoms. The quantitative estimate of drug-likeness (QED) is 0.723. The Kier molecular flexibility index (Phi) is 5.69. The van der Waals surface area contributed by atoms with E-state index in [-0.39, 0.29) is 23.7 Å². The molecule has 2 unspecified atom stereocenters. The smallest absolute Gasteiger partial charge is 0.226 e. The van der Waals surface area contributed by atoms with Crippen molar-refractivity contribution in [2.75, 3.05) is 44.7 Å². The molecular weight excluding hydrogens is 368 g/mol. The minimum atomic E-state index is -0.166. The Balaban J connectivity index is 1.23. The molecule has 0 bridgehead atoms. The number of hydrogen-bond donors (Lipinski definition) is 0. The fraction of sp³-hybridized carbons (Fsp3) is 0.476. The Morgan fingerprint density at radius 1 is 1.03 bits per heavy atom. The van der Waals surface area contributed by atoms with Crippen molar-refractivity contribution in [1.82, 2.24) is 24.8 Å². The molecule has 0 radical (unpaired) electrons. The third-order valence-electron chi connectivity index (χ3n) is 5.71. The van der Waals surface area contributed by atoms with Gasteiger partial charge in [-0.15, -0.1) is 0 Å². The van der Waals surface area contributed by atoms with Gasteiger partial charge in [0.2, 0.25) is 17.8 Å². The summed E-state index contributed by atoms with van der Waals surface area (Å²) in [6.07, 6.45) is 8.43. The van der Waals surface area contributed by atoms with E-state index in [1.54, 1.807) is 35.8 Å². The first-order valence-corrected chi connectivity index (χ1v) is 10.1. The van der Waals surface area contributed by atoms with Gasteiger partial charge in [-0.25, -0.2) is 9.97 Å². The van der Waals surface area contributed by atoms with E-state index in [0.717, 1.165) is 12.0 Å². The lowest BCUT2D eigenvalue weighted by Gasteiger charge is -2.34. The lowest BCUT2D eigenvalue weighted by molar-refractivity contribution is -0.137. The standard InChI is InChI=1S/C21H26N6O2/c1-25(10-5-16-3-8-22-9-4-16)19(28)17-15-18(17)20(29)26-11-13-27(14-12-26)21-23-6-2-7-24-21/h2-4,6-9,17-18H,5,10-15H2,1H3. The van der Waals surface area contributed by atoms with Crippen molar-refractivity contribution >= 4 is 17.8 Å². The van der Waals surface area contributed by atoms with E-state index in [1.807, 2.05) is 24.1 Å². The second-order valence-electron chi connectivity index (χ2n) is 7.68. The third-order valence-corrected chi connectivity index (χ3v) is 5.71. The Hall–Kier alpha value is -3.03. The van der Waals surface area contributed by atoms with Crippen LogP contribution in [0.1, 0.15) is 12.0 Å². The van der Waals surface area contributed by atoms with Crippen molar-refractivity contribution in [2.24, 2.45) is 11.8 Å². The summed E-state index contributed by atoms with van der Waals surface area (Å²) in [5.74, 6) is 0.564. The number of likely N-dealkylation sites (N-methyl/N-ethyl adjacent to an activating group) is 1. The maximum Gasteiger partial charge on any atom is 0.226 e. The number of aromatic nitrogens is 3. The van der Waals surface area contributed by atoms with Gasteiger partial charge < -0.3 is 14.7 Å². The zero-order valence-electron chi connectivity index (χ0n) is 16.6. The number of carbonyl (C=O) groups excluding carboxylic acids is 2. The first kappa shape index (κ1) is 19.3. The van der Waals surface area contributed by atoms with Gasteiger partial charge in [0, 0.05) is 64.6 Å². The summed E-state index contributed by atoms with van der Waals surface area (Å²) in [7, 11) is 1.82. The van der Waals surface area contributed by atoms with Crippen molar-refractivity contribution in [3.8, 4) is 0 Å². The van der Waals surface area contributed by atoms with Crippen LogP contribution in [0.2, 0.25) is 0 Å². The Labute approximate surface area is 170 Å². The number of amides is 2. The molecule has 152 valence electrons. The summed E-state index contributed by atoms with van der Waals surface area (Å²) >= 11 is 0. The lowest BCUT2D eigenvalue weighted by atomic mass is 10.2. The van der Waals surface area contributed by atoms with Crippen LogP contribution in [0.3, 0.4) is 0 Å². The fourth-order valence-electron chi connectivity index (χ4n) is 3.80. The first-order valence-electron chi connectivity index (χ1n) is 10.1. The van der Waals surface area contributed by atoms with E-state index in [9.17, 15) is 9.59 Å². The maximum atomic E-state index is 12.8. The largest absolute Gasteiger partial charge is 0.345 e. The molecule has 1 saturated carbocycles. The van der Waals surface area contributed by atoms with Crippen LogP contribution in [0, 0.1) is 11.8 Å². The Morgan fingerprint density at radius 2 is 1.72 bits per heavy atom. The fourth-order valence-corrected chi connectivity index (χ4v) is 3.80. The average Bonchev–Trinajstić information content (AvgIpc) is 3.59. The summed E-state index contributed by atoms with van der Waals surface area (Å²) in [6, 6.07) is 5.71. The highest BCUT2D eigenvalue weighted by Crippen LogP contribution is 2.41. The summed E-state index contributed by atoms with van der Waals surface area (Å²) in [6.45, 7) is 3.37. The molecule has 0 spiro atoms. The molecule has 2 aliphatic rings. The van der Waals surface area contributed by atoms with E-state index >= 15 is 0 Å². The lowest BCUT2D eigenvalue weighted by Crippen LogP contribution is -2.50. The molecule has 2 aromatic heterocycles. The minimum Gasteiger partial charge on any atom is -0.345 e. The molecule has 8 nitrogen and oxygen atoms in total. The van der Waals surface area contributed by atoms with Crippen LogP contribution in [-0.4, -0.2) is 76.3 Å². The molecule has 0 N–H and O–H groups in total. The van der Waals surface area contributed by atoms with Crippen molar-refractivity contribution in [3.05, 3.63) is 48.5 Å². The van der Waals surface area contributed by atoms with Gasteiger partial charge in [0.15, 0.2) is 0 Å². The normalized spacial score (nSPS) is 21.0. The van der Waals surface area contributed by atoms with Gasteiger partial charge in [-0.1, -0.05) is 0 Å². The van der Waals surface area contributed by atoms with Gasteiger partial charge >= 0.3 is 0 Å². The zero-order valence-corrected chi connectivity index (χ0v) is 16.6. The van der Waals surface area contributed by atoms with E-state index in [2.05, 4.69) is 19.9 Å². The number of piperazine rings is 1. The molecule has 2 aromatic rings. The summed E-state index contributed by atoms with van der Waals surface area (Å²) in [5.41, 5.74) is 1.16. The molecule has 8 heteroatoms. The van der Waals surface area contributed by atoms with E-state index < -0.39 is 0 Å². The van der Waals surface area contributed by atoms with Crippen molar-refractivity contribution < 1.29 is 9.59 Å². The van der Waals surface area contributed by atoms with Crippen LogP contribution in [-0.2, 0) is 16.0 Å². The summed E-state index contributed by atoms with van der Waals surface area (Å²) in [4.78, 5) is 43.8. The molecule has 2 atom stereocenters. The van der Waals surface area contributed by atoms with E-state index in [1.165, 1.54) is 0 Å². The number of rotatable bonds is 6. The minimum absolute atomic E-state index is 0.0775. The van der Waals surface area contributed by atoms with Crippen molar-refractivity contribution in [2.45, 2.75) is 12.8 Å². The zero-order chi connectivity index (χ0) is 20.2. The van der Waals surface area contributed by atoms with E-state index in [0.29, 0.717) is 45.1 Å². The summed E-state index contributed by atoms with van der Waals surface area (Å²) in [5, 5.41) is 0. The van der Waals surface area contributed by atoms with Crippen LogP contribution in [0.15, 0.2) is 43.0 Å². The number of pyridine rings is 1. The van der Waals surface area contributed by atoms with E-state index in [4.69, 9.17) is 0 Å². The predicted octanol–water partition coefficient (Wildman–Crippen LogP) is 0.857. The van der Waals surface area contributed by atoms with Crippen LogP contribution >= 0.6 is 0 Å². The van der Waals surface area contributed by atoms with Gasteiger partial charge in [-0.05, 0) is 36.6 Å². The van der Waals surface area contributed by atoms with Crippen LogP contribution < -0.4 is 4.90 Å². The molecule has 1 aliphatic heterocycles. The van der Waals surface area contributed by atoms with Crippen LogP contribution in [0.5, 0.6) is 0 Å². The highest BCUT2D eigenvalue weighted by molar-refractivity contribution is 5.92. The van der Waals surface area contributed by atoms with Crippen LogP contribution in [0.25, 0.3) is 0 Å². The number of nitrogens with zero attached hydrogens (tertiary/aromatic N) is 6. The first-order chi connectivity index (χ1) is 14.1. The molecule has 2 amide bonds. The highest BCUT2D eigenvalue weighted by atomic mass is 16.2. The number of hydrogen-bond acceptors (Lipinski definition) is 6. The van der Waals surface area contributed by atoms with Gasteiger partial charge in [0.05, 0.1) is 11.8 Å². The molecule has 4 rings (SSSR count). The number of carbonyl (C=O) groups is 2. The molecule has 1 aliphatic carbocycles. The van der Waals surface area contributed by atoms with Gasteiger partial charge in [0.1, 0.15) is 0 Å². The highest BCUT2D eigenvalue weighted by Gasteiger charge is 2.50. The number of anilines is 1. The predicted molar refractivity (Wildman–Crippen MR) is 108 cm³/mol. The monoisotopic (exact) mass is 394 g/mol. The van der Waals surface area contributed by atoms with Crippen molar-refractivity contribution in [1.29, 1.82) is 0 Å². The second kappa shape index (κ2) is 8.55.